The van der Waals surface area contributed by atoms with Gasteiger partial charge in [-0.1, -0.05) is 13.8 Å². The molecule has 6 nitrogen and oxygen atoms in total. The van der Waals surface area contributed by atoms with Gasteiger partial charge in [0.15, 0.2) is 0 Å². The van der Waals surface area contributed by atoms with Crippen LogP contribution in [0, 0.1) is 12.8 Å². The first-order valence-corrected chi connectivity index (χ1v) is 10.7. The highest BCUT2D eigenvalue weighted by Crippen LogP contribution is 2.36. The predicted molar refractivity (Wildman–Crippen MR) is 117 cm³/mol. The SMILES string of the molecule is Cc1cc(-c2ccnc(NC(=O)C3CC3)c2C(C)C)nc(N2CCNC(C)C2)c1. The number of carbonyl (C=O) groups is 1. The number of pyridine rings is 2. The van der Waals surface area contributed by atoms with Crippen LogP contribution < -0.4 is 15.5 Å². The highest BCUT2D eigenvalue weighted by atomic mass is 16.2. The van der Waals surface area contributed by atoms with Crippen LogP contribution in [0.25, 0.3) is 11.3 Å². The fourth-order valence-corrected chi connectivity index (χ4v) is 4.03. The molecule has 2 N–H and O–H groups in total. The second kappa shape index (κ2) is 8.11. The molecule has 4 rings (SSSR count). The van der Waals surface area contributed by atoms with E-state index in [4.69, 9.17) is 4.98 Å². The van der Waals surface area contributed by atoms with Crippen LogP contribution in [0.15, 0.2) is 24.4 Å². The molecule has 1 aliphatic carbocycles. The Morgan fingerprint density at radius 2 is 2.10 bits per heavy atom. The van der Waals surface area contributed by atoms with Gasteiger partial charge in [0.25, 0.3) is 0 Å². The average molecular weight is 394 g/mol. The van der Waals surface area contributed by atoms with Crippen LogP contribution in [0.2, 0.25) is 0 Å². The van der Waals surface area contributed by atoms with Gasteiger partial charge in [-0.2, -0.15) is 0 Å². The van der Waals surface area contributed by atoms with Crippen LogP contribution in [-0.2, 0) is 4.79 Å². The summed E-state index contributed by atoms with van der Waals surface area (Å²) in [6.07, 6.45) is 3.74. The Balaban J connectivity index is 1.72. The Bertz CT molecular complexity index is 906. The molecular weight excluding hydrogens is 362 g/mol. The number of nitrogens with zero attached hydrogens (tertiary/aromatic N) is 3. The van der Waals surface area contributed by atoms with Crippen molar-refractivity contribution in [1.82, 2.24) is 15.3 Å². The van der Waals surface area contributed by atoms with Gasteiger partial charge in [0, 0.05) is 48.9 Å². The molecule has 2 fully saturated rings. The zero-order chi connectivity index (χ0) is 20.5. The van der Waals surface area contributed by atoms with Crippen LogP contribution in [0.5, 0.6) is 0 Å². The third kappa shape index (κ3) is 4.42. The van der Waals surface area contributed by atoms with Crippen molar-refractivity contribution in [3.05, 3.63) is 35.5 Å². The van der Waals surface area contributed by atoms with Gasteiger partial charge in [-0.15, -0.1) is 0 Å². The maximum absolute atomic E-state index is 12.4. The first-order valence-electron chi connectivity index (χ1n) is 10.7. The summed E-state index contributed by atoms with van der Waals surface area (Å²) in [5, 5.41) is 6.55. The molecule has 1 aliphatic heterocycles. The van der Waals surface area contributed by atoms with E-state index in [1.54, 1.807) is 6.20 Å². The van der Waals surface area contributed by atoms with E-state index < -0.39 is 0 Å². The maximum atomic E-state index is 12.4. The van der Waals surface area contributed by atoms with Gasteiger partial charge in [0.05, 0.1) is 5.69 Å². The zero-order valence-corrected chi connectivity index (χ0v) is 17.8. The van der Waals surface area contributed by atoms with Gasteiger partial charge in [-0.3, -0.25) is 4.79 Å². The van der Waals surface area contributed by atoms with Crippen molar-refractivity contribution in [2.75, 3.05) is 29.9 Å². The lowest BCUT2D eigenvalue weighted by molar-refractivity contribution is -0.117. The average Bonchev–Trinajstić information content (AvgIpc) is 3.52. The van der Waals surface area contributed by atoms with E-state index in [1.165, 1.54) is 5.56 Å². The van der Waals surface area contributed by atoms with E-state index in [1.807, 2.05) is 6.07 Å². The highest BCUT2D eigenvalue weighted by molar-refractivity contribution is 5.94. The lowest BCUT2D eigenvalue weighted by atomic mass is 9.95. The molecule has 0 bridgehead atoms. The van der Waals surface area contributed by atoms with E-state index >= 15 is 0 Å². The summed E-state index contributed by atoms with van der Waals surface area (Å²) >= 11 is 0. The van der Waals surface area contributed by atoms with Gasteiger partial charge >= 0.3 is 0 Å². The molecule has 2 aromatic rings. The van der Waals surface area contributed by atoms with Gasteiger partial charge < -0.3 is 15.5 Å². The minimum atomic E-state index is 0.0873. The number of piperazine rings is 1. The first-order chi connectivity index (χ1) is 13.9. The summed E-state index contributed by atoms with van der Waals surface area (Å²) in [5.41, 5.74) is 4.24. The van der Waals surface area contributed by atoms with E-state index in [9.17, 15) is 4.79 Å². The summed E-state index contributed by atoms with van der Waals surface area (Å²) in [6, 6.07) is 6.76. The van der Waals surface area contributed by atoms with Crippen molar-refractivity contribution >= 4 is 17.5 Å². The number of nitrogens with one attached hydrogen (secondary N) is 2. The number of anilines is 2. The van der Waals surface area contributed by atoms with Gasteiger partial charge in [-0.25, -0.2) is 9.97 Å². The number of amides is 1. The fourth-order valence-electron chi connectivity index (χ4n) is 4.03. The van der Waals surface area contributed by atoms with E-state index in [-0.39, 0.29) is 17.7 Å². The molecule has 2 aliphatic rings. The molecule has 1 saturated heterocycles. The quantitative estimate of drug-likeness (QED) is 0.810. The van der Waals surface area contributed by atoms with Crippen LogP contribution >= 0.6 is 0 Å². The Hall–Kier alpha value is -2.47. The number of rotatable bonds is 5. The van der Waals surface area contributed by atoms with Crippen LogP contribution in [0.3, 0.4) is 0 Å². The number of carbonyl (C=O) groups excluding carboxylic acids is 1. The van der Waals surface area contributed by atoms with Gasteiger partial charge in [-0.05, 0) is 56.4 Å². The predicted octanol–water partition coefficient (Wildman–Crippen LogP) is 3.72. The molecule has 1 saturated carbocycles. The number of aromatic nitrogens is 2. The molecule has 0 radical (unpaired) electrons. The Morgan fingerprint density at radius 3 is 2.79 bits per heavy atom. The van der Waals surface area contributed by atoms with Crippen molar-refractivity contribution in [2.45, 2.75) is 52.5 Å². The molecule has 2 aromatic heterocycles. The maximum Gasteiger partial charge on any atom is 0.228 e. The monoisotopic (exact) mass is 393 g/mol. The first kappa shape index (κ1) is 19.8. The topological polar surface area (TPSA) is 70.2 Å². The standard InChI is InChI=1S/C23H31N5O/c1-14(2)21-18(7-8-25-22(21)27-23(29)17-5-6-17)19-11-15(3)12-20(26-19)28-10-9-24-16(4)13-28/h7-8,11-12,14,16-17,24H,5-6,9-10,13H2,1-4H3,(H,25,27,29). The van der Waals surface area contributed by atoms with Crippen LogP contribution in [-0.4, -0.2) is 41.6 Å². The van der Waals surface area contributed by atoms with Crippen LogP contribution in [0.1, 0.15) is 50.7 Å². The molecule has 1 amide bonds. The Kier molecular flexibility index (Phi) is 5.54. The summed E-state index contributed by atoms with van der Waals surface area (Å²) < 4.78 is 0. The summed E-state index contributed by atoms with van der Waals surface area (Å²) in [4.78, 5) is 24.2. The second-order valence-corrected chi connectivity index (χ2v) is 8.73. The molecule has 154 valence electrons. The molecule has 29 heavy (non-hydrogen) atoms. The Morgan fingerprint density at radius 1 is 1.31 bits per heavy atom. The van der Waals surface area contributed by atoms with E-state index in [0.29, 0.717) is 11.9 Å². The van der Waals surface area contributed by atoms with Gasteiger partial charge in [0.1, 0.15) is 11.6 Å². The molecule has 1 unspecified atom stereocenters. The second-order valence-electron chi connectivity index (χ2n) is 8.73. The summed E-state index contributed by atoms with van der Waals surface area (Å²) in [6.45, 7) is 11.5. The van der Waals surface area contributed by atoms with Crippen molar-refractivity contribution in [2.24, 2.45) is 5.92 Å². The fraction of sp³-hybridized carbons (Fsp3) is 0.522. The minimum absolute atomic E-state index is 0.0873. The summed E-state index contributed by atoms with van der Waals surface area (Å²) in [5.74, 6) is 2.15. The summed E-state index contributed by atoms with van der Waals surface area (Å²) in [7, 11) is 0. The molecule has 1 atom stereocenters. The normalized spacial score (nSPS) is 19.5. The zero-order valence-electron chi connectivity index (χ0n) is 17.8. The largest absolute Gasteiger partial charge is 0.354 e. The molecule has 6 heteroatoms. The van der Waals surface area contributed by atoms with E-state index in [0.717, 1.165) is 55.1 Å². The van der Waals surface area contributed by atoms with Crippen molar-refractivity contribution in [1.29, 1.82) is 0 Å². The van der Waals surface area contributed by atoms with Crippen molar-refractivity contribution in [3.63, 3.8) is 0 Å². The third-order valence-corrected chi connectivity index (χ3v) is 5.68. The molecule has 0 spiro atoms. The van der Waals surface area contributed by atoms with E-state index in [2.05, 4.69) is 60.3 Å². The highest BCUT2D eigenvalue weighted by Gasteiger charge is 2.31. The smallest absolute Gasteiger partial charge is 0.228 e. The molecule has 0 aromatic carbocycles. The van der Waals surface area contributed by atoms with Crippen molar-refractivity contribution < 1.29 is 4.79 Å². The van der Waals surface area contributed by atoms with Gasteiger partial charge in [0.2, 0.25) is 5.91 Å². The lowest BCUT2D eigenvalue weighted by Crippen LogP contribution is -2.49. The van der Waals surface area contributed by atoms with Crippen molar-refractivity contribution in [3.8, 4) is 11.3 Å². The molecular formula is C23H31N5O. The molecule has 3 heterocycles. The minimum Gasteiger partial charge on any atom is -0.354 e. The third-order valence-electron chi connectivity index (χ3n) is 5.68. The Labute approximate surface area is 173 Å². The number of hydrogen-bond donors (Lipinski definition) is 2. The number of aryl methyl sites for hydroxylation is 1. The number of hydrogen-bond acceptors (Lipinski definition) is 5. The van der Waals surface area contributed by atoms with Crippen LogP contribution in [0.4, 0.5) is 11.6 Å². The lowest BCUT2D eigenvalue weighted by Gasteiger charge is -2.33.